The van der Waals surface area contributed by atoms with Gasteiger partial charge in [0, 0.05) is 17.6 Å². The number of anilines is 1. The molecule has 0 spiro atoms. The number of nitrogens with one attached hydrogen (secondary N) is 1. The molecule has 2 heterocycles. The summed E-state index contributed by atoms with van der Waals surface area (Å²) in [5.74, 6) is -0.345. The van der Waals surface area contributed by atoms with Crippen LogP contribution in [0.5, 0.6) is 0 Å². The highest BCUT2D eigenvalue weighted by Crippen LogP contribution is 2.19. The van der Waals surface area contributed by atoms with Crippen LogP contribution in [0.3, 0.4) is 0 Å². The predicted molar refractivity (Wildman–Crippen MR) is 72.3 cm³/mol. The van der Waals surface area contributed by atoms with Crippen LogP contribution in [0.1, 0.15) is 11.8 Å². The molecule has 1 aromatic rings. The number of morpholine rings is 1. The fourth-order valence-corrected chi connectivity index (χ4v) is 2.75. The molecule has 5 nitrogen and oxygen atoms in total. The minimum Gasteiger partial charge on any atom is -0.378 e. The second-order valence-corrected chi connectivity index (χ2v) is 5.57. The van der Waals surface area contributed by atoms with Gasteiger partial charge < -0.3 is 10.1 Å². The zero-order valence-electron chi connectivity index (χ0n) is 11.1. The lowest BCUT2D eigenvalue weighted by Gasteiger charge is -2.33. The van der Waals surface area contributed by atoms with Crippen molar-refractivity contribution < 1.29 is 18.3 Å². The minimum atomic E-state index is -2.46. The maximum atomic E-state index is 12.5. The first-order chi connectivity index (χ1) is 9.60. The van der Waals surface area contributed by atoms with E-state index in [9.17, 15) is 13.6 Å². The maximum Gasteiger partial charge on any atom is 0.251 e. The van der Waals surface area contributed by atoms with Gasteiger partial charge >= 0.3 is 0 Å². The van der Waals surface area contributed by atoms with Crippen molar-refractivity contribution in [3.63, 3.8) is 0 Å². The van der Waals surface area contributed by atoms with Gasteiger partial charge in [-0.15, -0.1) is 11.3 Å². The van der Waals surface area contributed by atoms with E-state index in [-0.39, 0.29) is 12.5 Å². The summed E-state index contributed by atoms with van der Waals surface area (Å²) < 4.78 is 30.2. The van der Waals surface area contributed by atoms with Crippen molar-refractivity contribution in [1.82, 2.24) is 9.88 Å². The molecule has 0 aromatic carbocycles. The van der Waals surface area contributed by atoms with Gasteiger partial charge in [0.25, 0.3) is 6.43 Å². The third-order valence-corrected chi connectivity index (χ3v) is 4.10. The molecule has 0 unspecified atom stereocenters. The first-order valence-electron chi connectivity index (χ1n) is 6.45. The van der Waals surface area contributed by atoms with Crippen LogP contribution in [-0.2, 0) is 16.0 Å². The van der Waals surface area contributed by atoms with Crippen molar-refractivity contribution in [2.45, 2.75) is 25.8 Å². The molecule has 1 N–H and O–H groups in total. The van der Waals surface area contributed by atoms with E-state index in [0.29, 0.717) is 18.3 Å². The summed E-state index contributed by atoms with van der Waals surface area (Å²) in [6.45, 7) is 2.41. The summed E-state index contributed by atoms with van der Waals surface area (Å²) in [6, 6.07) is -0.688. The van der Waals surface area contributed by atoms with Crippen molar-refractivity contribution in [2.24, 2.45) is 0 Å². The van der Waals surface area contributed by atoms with Crippen LogP contribution in [-0.4, -0.2) is 54.6 Å². The topological polar surface area (TPSA) is 54.5 Å². The Morgan fingerprint density at radius 3 is 3.15 bits per heavy atom. The average molecular weight is 305 g/mol. The van der Waals surface area contributed by atoms with Crippen LogP contribution in [0, 0.1) is 0 Å². The quantitative estimate of drug-likeness (QED) is 0.898. The van der Waals surface area contributed by atoms with Gasteiger partial charge in [-0.2, -0.15) is 0 Å². The molecule has 2 rings (SSSR count). The number of rotatable bonds is 5. The summed E-state index contributed by atoms with van der Waals surface area (Å²) in [4.78, 5) is 18.7. The molecule has 0 saturated carbocycles. The number of amides is 1. The molecule has 1 atom stereocenters. The van der Waals surface area contributed by atoms with Crippen molar-refractivity contribution in [3.05, 3.63) is 11.1 Å². The SMILES string of the molecule is CCc1cnc(NC(=O)[C@@H]2COCCN2CC(F)F)s1. The van der Waals surface area contributed by atoms with E-state index in [1.807, 2.05) is 6.92 Å². The fraction of sp³-hybridized carbons (Fsp3) is 0.667. The third-order valence-electron chi connectivity index (χ3n) is 3.05. The summed E-state index contributed by atoms with van der Waals surface area (Å²) in [6.07, 6.45) is 0.0848. The standard InChI is InChI=1S/C12H17F2N3O2S/c1-2-8-5-15-12(20-8)16-11(18)9-7-19-4-3-17(9)6-10(13)14/h5,9-10H,2-4,6-7H2,1H3,(H,15,16,18)/t9-/m0/s1. The third kappa shape index (κ3) is 3.94. The Hall–Kier alpha value is -1.12. The zero-order chi connectivity index (χ0) is 14.5. The van der Waals surface area contributed by atoms with Crippen LogP contribution >= 0.6 is 11.3 Å². The van der Waals surface area contributed by atoms with Gasteiger partial charge in [-0.3, -0.25) is 9.69 Å². The summed E-state index contributed by atoms with van der Waals surface area (Å²) in [5.41, 5.74) is 0. The van der Waals surface area contributed by atoms with Gasteiger partial charge in [0.2, 0.25) is 5.91 Å². The molecule has 0 aliphatic carbocycles. The number of aryl methyl sites for hydroxylation is 1. The Kier molecular flexibility index (Phi) is 5.38. The monoisotopic (exact) mass is 305 g/mol. The van der Waals surface area contributed by atoms with E-state index >= 15 is 0 Å². The molecule has 1 amide bonds. The Morgan fingerprint density at radius 1 is 1.70 bits per heavy atom. The molecule has 1 aliphatic rings. The molecule has 1 fully saturated rings. The number of alkyl halides is 2. The van der Waals surface area contributed by atoms with Gasteiger partial charge in [0.1, 0.15) is 6.04 Å². The molecule has 0 radical (unpaired) electrons. The Labute approximate surface area is 119 Å². The van der Waals surface area contributed by atoms with Crippen LogP contribution in [0.15, 0.2) is 6.20 Å². The largest absolute Gasteiger partial charge is 0.378 e. The minimum absolute atomic E-state index is 0.130. The van der Waals surface area contributed by atoms with Crippen molar-refractivity contribution in [2.75, 3.05) is 31.6 Å². The number of hydrogen-bond donors (Lipinski definition) is 1. The molecular weight excluding hydrogens is 288 g/mol. The summed E-state index contributed by atoms with van der Waals surface area (Å²) in [5, 5.41) is 3.17. The molecule has 1 saturated heterocycles. The molecular formula is C12H17F2N3O2S. The molecule has 8 heteroatoms. The van der Waals surface area contributed by atoms with E-state index in [1.54, 1.807) is 6.20 Å². The molecule has 0 bridgehead atoms. The Morgan fingerprint density at radius 2 is 2.50 bits per heavy atom. The smallest absolute Gasteiger partial charge is 0.251 e. The van der Waals surface area contributed by atoms with Crippen LogP contribution in [0.2, 0.25) is 0 Å². The summed E-state index contributed by atoms with van der Waals surface area (Å²) in [7, 11) is 0. The first-order valence-corrected chi connectivity index (χ1v) is 7.27. The van der Waals surface area contributed by atoms with Crippen molar-refractivity contribution in [3.8, 4) is 0 Å². The molecule has 112 valence electrons. The Balaban J connectivity index is 1.98. The molecule has 1 aliphatic heterocycles. The number of ether oxygens (including phenoxy) is 1. The highest BCUT2D eigenvalue weighted by atomic mass is 32.1. The summed E-state index contributed by atoms with van der Waals surface area (Å²) >= 11 is 1.39. The number of nitrogens with zero attached hydrogens (tertiary/aromatic N) is 2. The second kappa shape index (κ2) is 7.05. The van der Waals surface area contributed by atoms with E-state index in [1.165, 1.54) is 16.2 Å². The number of carbonyl (C=O) groups is 1. The Bertz CT molecular complexity index is 456. The highest BCUT2D eigenvalue weighted by molar-refractivity contribution is 7.15. The van der Waals surface area contributed by atoms with E-state index < -0.39 is 19.0 Å². The van der Waals surface area contributed by atoms with E-state index in [0.717, 1.165) is 11.3 Å². The van der Waals surface area contributed by atoms with E-state index in [2.05, 4.69) is 10.3 Å². The molecule has 1 aromatic heterocycles. The van der Waals surface area contributed by atoms with Gasteiger partial charge in [0.15, 0.2) is 5.13 Å². The first kappa shape index (κ1) is 15.3. The fourth-order valence-electron chi connectivity index (χ4n) is 1.99. The number of carbonyl (C=O) groups excluding carboxylic acids is 1. The predicted octanol–water partition coefficient (Wildman–Crippen LogP) is 1.61. The average Bonchev–Trinajstić information content (AvgIpc) is 2.86. The zero-order valence-corrected chi connectivity index (χ0v) is 12.0. The lowest BCUT2D eigenvalue weighted by atomic mass is 10.2. The maximum absolute atomic E-state index is 12.5. The van der Waals surface area contributed by atoms with E-state index in [4.69, 9.17) is 4.74 Å². The van der Waals surface area contributed by atoms with Gasteiger partial charge in [0.05, 0.1) is 19.8 Å². The second-order valence-electron chi connectivity index (χ2n) is 4.45. The van der Waals surface area contributed by atoms with Crippen molar-refractivity contribution in [1.29, 1.82) is 0 Å². The lowest BCUT2D eigenvalue weighted by molar-refractivity contribution is -0.128. The lowest BCUT2D eigenvalue weighted by Crippen LogP contribution is -2.53. The molecule has 20 heavy (non-hydrogen) atoms. The number of thiazole rings is 1. The van der Waals surface area contributed by atoms with Crippen LogP contribution < -0.4 is 5.32 Å². The number of aromatic nitrogens is 1. The normalized spacial score (nSPS) is 20.3. The van der Waals surface area contributed by atoms with Gasteiger partial charge in [-0.1, -0.05) is 6.92 Å². The number of halogens is 2. The van der Waals surface area contributed by atoms with Gasteiger partial charge in [-0.05, 0) is 6.42 Å². The van der Waals surface area contributed by atoms with Gasteiger partial charge in [-0.25, -0.2) is 13.8 Å². The highest BCUT2D eigenvalue weighted by Gasteiger charge is 2.31. The van der Waals surface area contributed by atoms with Crippen LogP contribution in [0.25, 0.3) is 0 Å². The number of hydrogen-bond acceptors (Lipinski definition) is 5. The van der Waals surface area contributed by atoms with Crippen LogP contribution in [0.4, 0.5) is 13.9 Å². The van der Waals surface area contributed by atoms with Crippen molar-refractivity contribution >= 4 is 22.4 Å².